The van der Waals surface area contributed by atoms with E-state index in [0.717, 1.165) is 0 Å². The molecule has 6 nitrogen and oxygen atoms in total. The molecule has 0 amide bonds. The van der Waals surface area contributed by atoms with Gasteiger partial charge in [-0.1, -0.05) is 68.3 Å². The Kier molecular flexibility index (Phi) is 6.65. The van der Waals surface area contributed by atoms with E-state index in [9.17, 15) is 18.7 Å². The van der Waals surface area contributed by atoms with Gasteiger partial charge in [0.25, 0.3) is 11.0 Å². The monoisotopic (exact) mass is 644 g/mol. The predicted octanol–water partition coefficient (Wildman–Crippen LogP) is 7.17. The zero-order valence-corrected chi connectivity index (χ0v) is 23.3. The summed E-state index contributed by atoms with van der Waals surface area (Å²) in [6.45, 7) is 0. The van der Waals surface area contributed by atoms with Crippen molar-refractivity contribution in [3.8, 4) is 11.5 Å². The fourth-order valence-corrected chi connectivity index (χ4v) is 8.32. The lowest BCUT2D eigenvalue weighted by Crippen LogP contribution is -2.23. The summed E-state index contributed by atoms with van der Waals surface area (Å²) in [5, 5.41) is 0.295. The fraction of sp³-hybridized carbons (Fsp3) is 0. The average molecular weight is 646 g/mol. The first-order chi connectivity index (χ1) is 17.2. The summed E-state index contributed by atoms with van der Waals surface area (Å²) in [4.78, 5) is 27.9. The van der Waals surface area contributed by atoms with E-state index in [1.54, 1.807) is 48.5 Å². The molecular weight excluding hydrogens is 630 g/mol. The van der Waals surface area contributed by atoms with Crippen LogP contribution in [0.5, 0.6) is 11.5 Å². The molecule has 1 aliphatic rings. The molecule has 180 valence electrons. The summed E-state index contributed by atoms with van der Waals surface area (Å²) < 4.78 is 41.8. The first kappa shape index (κ1) is 24.9. The molecule has 0 aliphatic carbocycles. The van der Waals surface area contributed by atoms with E-state index < -0.39 is 25.8 Å². The lowest BCUT2D eigenvalue weighted by Gasteiger charge is -2.26. The Labute approximate surface area is 223 Å². The van der Waals surface area contributed by atoms with Crippen molar-refractivity contribution >= 4 is 68.3 Å². The van der Waals surface area contributed by atoms with E-state index in [4.69, 9.17) is 9.05 Å². The number of halogens is 2. The van der Waals surface area contributed by atoms with Crippen molar-refractivity contribution < 1.29 is 27.8 Å². The molecule has 4 aromatic carbocycles. The molecule has 2 unspecified atom stereocenters. The third-order valence-electron chi connectivity index (χ3n) is 5.52. The number of benzene rings is 4. The second-order valence-electron chi connectivity index (χ2n) is 7.85. The molecule has 0 aromatic heterocycles. The molecule has 0 N–H and O–H groups in total. The number of hydrogen-bond donors (Lipinski definition) is 0. The molecule has 0 bridgehead atoms. The second kappa shape index (κ2) is 9.60. The smallest absolute Gasteiger partial charge is 0.346 e. The average Bonchev–Trinajstić information content (AvgIpc) is 2.90. The molecule has 36 heavy (non-hydrogen) atoms. The van der Waals surface area contributed by atoms with Gasteiger partial charge in [-0.15, -0.1) is 0 Å². The molecule has 0 saturated heterocycles. The third-order valence-corrected chi connectivity index (χ3v) is 10.9. The Hall–Kier alpha value is -2.76. The molecular formula is C26H16Br2O6P2. The van der Waals surface area contributed by atoms with Crippen LogP contribution in [-0.4, -0.2) is 11.0 Å². The van der Waals surface area contributed by atoms with Crippen LogP contribution in [-0.2, 0) is 9.13 Å². The summed E-state index contributed by atoms with van der Waals surface area (Å²) >= 11 is 6.66. The molecule has 10 heteroatoms. The zero-order chi connectivity index (χ0) is 25.5. The van der Waals surface area contributed by atoms with E-state index in [1.807, 2.05) is 0 Å². The molecule has 2 atom stereocenters. The Bertz CT molecular complexity index is 1480. The standard InChI is InChI=1S/C26H16Br2O6P2/c27-17-12-14-24-21(15-17)25(29)35(31,19-7-3-1-4-8-19)33-23-13-11-18(28)16-22(23)26(30)36(32,34-24)20-9-5-2-6-10-20/h1-16H. The van der Waals surface area contributed by atoms with Crippen LogP contribution in [0, 0.1) is 0 Å². The summed E-state index contributed by atoms with van der Waals surface area (Å²) in [5.41, 5.74) is -1.96. The number of rotatable bonds is 2. The normalized spacial score (nSPS) is 21.5. The number of fused-ring (bicyclic) bond motifs is 2. The van der Waals surface area contributed by atoms with Crippen LogP contribution < -0.4 is 19.7 Å². The SMILES string of the molecule is O=C1c2cc(Br)ccc2OP(=O)(c2ccccc2)C(=O)c2cc(Br)ccc2OP1(=O)c1ccccc1. The van der Waals surface area contributed by atoms with Crippen LogP contribution in [0.25, 0.3) is 0 Å². The highest BCUT2D eigenvalue weighted by molar-refractivity contribution is 9.10. The van der Waals surface area contributed by atoms with E-state index in [-0.39, 0.29) is 33.2 Å². The summed E-state index contributed by atoms with van der Waals surface area (Å²) in [5.74, 6) is -0.274. The van der Waals surface area contributed by atoms with Crippen molar-refractivity contribution in [2.45, 2.75) is 0 Å². The van der Waals surface area contributed by atoms with Crippen LogP contribution in [0.2, 0.25) is 0 Å². The van der Waals surface area contributed by atoms with E-state index in [2.05, 4.69) is 31.9 Å². The van der Waals surface area contributed by atoms with Crippen LogP contribution in [0.15, 0.2) is 106 Å². The highest BCUT2D eigenvalue weighted by atomic mass is 79.9. The highest BCUT2D eigenvalue weighted by Gasteiger charge is 2.46. The minimum Gasteiger partial charge on any atom is -0.434 e. The molecule has 0 radical (unpaired) electrons. The molecule has 1 aliphatic heterocycles. The van der Waals surface area contributed by atoms with Crippen molar-refractivity contribution in [1.82, 2.24) is 0 Å². The van der Waals surface area contributed by atoms with Gasteiger partial charge in [0.1, 0.15) is 11.5 Å². The minimum absolute atomic E-state index is 0.124. The Balaban J connectivity index is 1.84. The summed E-state index contributed by atoms with van der Waals surface area (Å²) in [6, 6.07) is 24.9. The third kappa shape index (κ3) is 4.33. The van der Waals surface area contributed by atoms with Gasteiger partial charge in [0.05, 0.1) is 21.7 Å². The van der Waals surface area contributed by atoms with E-state index in [0.29, 0.717) is 8.95 Å². The van der Waals surface area contributed by atoms with E-state index >= 15 is 0 Å². The summed E-state index contributed by atoms with van der Waals surface area (Å²) in [7, 11) is -8.62. The van der Waals surface area contributed by atoms with Crippen LogP contribution in [0.3, 0.4) is 0 Å². The van der Waals surface area contributed by atoms with Crippen LogP contribution >= 0.6 is 46.6 Å². The van der Waals surface area contributed by atoms with Gasteiger partial charge in [-0.3, -0.25) is 18.7 Å². The Morgan fingerprint density at radius 2 is 0.889 bits per heavy atom. The molecule has 5 rings (SSSR count). The first-order valence-corrected chi connectivity index (χ1v) is 15.5. The minimum atomic E-state index is -4.31. The van der Waals surface area contributed by atoms with Crippen LogP contribution in [0.4, 0.5) is 0 Å². The fourth-order valence-electron chi connectivity index (χ4n) is 3.76. The molecule has 1 heterocycles. The molecule has 0 fully saturated rings. The van der Waals surface area contributed by atoms with Gasteiger partial charge in [0.15, 0.2) is 0 Å². The maximum Gasteiger partial charge on any atom is 0.346 e. The number of carbonyl (C=O) groups excluding carboxylic acids is 2. The maximum absolute atomic E-state index is 14.4. The van der Waals surface area contributed by atoms with Crippen molar-refractivity contribution in [1.29, 1.82) is 0 Å². The Morgan fingerprint density at radius 1 is 0.528 bits per heavy atom. The van der Waals surface area contributed by atoms with Gasteiger partial charge in [-0.25, -0.2) is 0 Å². The van der Waals surface area contributed by atoms with Crippen molar-refractivity contribution in [2.24, 2.45) is 0 Å². The van der Waals surface area contributed by atoms with Gasteiger partial charge in [0, 0.05) is 8.95 Å². The highest BCUT2D eigenvalue weighted by Crippen LogP contribution is 2.57. The molecule has 0 spiro atoms. The molecule has 0 saturated carbocycles. The van der Waals surface area contributed by atoms with Crippen molar-refractivity contribution in [3.05, 3.63) is 117 Å². The second-order valence-corrected chi connectivity index (χ2v) is 14.1. The van der Waals surface area contributed by atoms with Gasteiger partial charge in [0.2, 0.25) is 0 Å². The first-order valence-electron chi connectivity index (χ1n) is 10.6. The molecule has 4 aromatic rings. The van der Waals surface area contributed by atoms with Crippen molar-refractivity contribution in [3.63, 3.8) is 0 Å². The maximum atomic E-state index is 14.4. The van der Waals surface area contributed by atoms with Crippen molar-refractivity contribution in [2.75, 3.05) is 0 Å². The van der Waals surface area contributed by atoms with Crippen LogP contribution in [0.1, 0.15) is 20.7 Å². The number of carbonyl (C=O) groups is 2. The quantitative estimate of drug-likeness (QED) is 0.215. The Morgan fingerprint density at radius 3 is 1.25 bits per heavy atom. The lowest BCUT2D eigenvalue weighted by molar-refractivity contribution is 0.104. The van der Waals surface area contributed by atoms with Gasteiger partial charge < -0.3 is 9.05 Å². The van der Waals surface area contributed by atoms with Gasteiger partial charge >= 0.3 is 14.7 Å². The predicted molar refractivity (Wildman–Crippen MR) is 146 cm³/mol. The van der Waals surface area contributed by atoms with Gasteiger partial charge in [-0.05, 0) is 60.7 Å². The van der Waals surface area contributed by atoms with Gasteiger partial charge in [-0.2, -0.15) is 0 Å². The topological polar surface area (TPSA) is 86.7 Å². The lowest BCUT2D eigenvalue weighted by atomic mass is 10.2. The summed E-state index contributed by atoms with van der Waals surface area (Å²) in [6.07, 6.45) is 0. The largest absolute Gasteiger partial charge is 0.434 e. The number of hydrogen-bond acceptors (Lipinski definition) is 6. The zero-order valence-electron chi connectivity index (χ0n) is 18.3. The van der Waals surface area contributed by atoms with E-state index in [1.165, 1.54) is 48.5 Å².